The fourth-order valence-corrected chi connectivity index (χ4v) is 2.91. The van der Waals surface area contributed by atoms with Crippen molar-refractivity contribution in [1.82, 2.24) is 9.80 Å². The van der Waals surface area contributed by atoms with Gasteiger partial charge < -0.3 is 9.64 Å². The van der Waals surface area contributed by atoms with Gasteiger partial charge >= 0.3 is 0 Å². The Balaban J connectivity index is 1.75. The maximum Gasteiger partial charge on any atom is 0.236 e. The lowest BCUT2D eigenvalue weighted by molar-refractivity contribution is -0.131. The van der Waals surface area contributed by atoms with Gasteiger partial charge in [0.05, 0.1) is 12.6 Å². The molecule has 4 nitrogen and oxygen atoms in total. The molecule has 2 aliphatic rings. The predicted octanol–water partition coefficient (Wildman–Crippen LogP) is 1.50. The minimum atomic E-state index is 0.251. The van der Waals surface area contributed by atoms with E-state index in [1.807, 2.05) is 4.90 Å². The van der Waals surface area contributed by atoms with E-state index in [-0.39, 0.29) is 12.0 Å². The lowest BCUT2D eigenvalue weighted by Crippen LogP contribution is -2.40. The minimum Gasteiger partial charge on any atom is -0.380 e. The van der Waals surface area contributed by atoms with Crippen LogP contribution in [0.1, 0.15) is 38.5 Å². The number of hydrogen-bond acceptors (Lipinski definition) is 3. The van der Waals surface area contributed by atoms with Gasteiger partial charge in [-0.05, 0) is 32.4 Å². The second-order valence-electron chi connectivity index (χ2n) is 5.53. The van der Waals surface area contributed by atoms with E-state index in [2.05, 4.69) is 4.90 Å². The molecule has 1 atom stereocenters. The van der Waals surface area contributed by atoms with E-state index in [1.165, 1.54) is 32.1 Å². The molecule has 2 fully saturated rings. The molecule has 2 rings (SSSR count). The number of nitrogens with zero attached hydrogens (tertiary/aromatic N) is 2. The van der Waals surface area contributed by atoms with Crippen LogP contribution >= 0.6 is 0 Å². The molecule has 2 saturated heterocycles. The van der Waals surface area contributed by atoms with Crippen LogP contribution in [0.15, 0.2) is 0 Å². The van der Waals surface area contributed by atoms with Crippen molar-refractivity contribution in [1.29, 1.82) is 0 Å². The Kier molecular flexibility index (Phi) is 5.45. The van der Waals surface area contributed by atoms with Gasteiger partial charge in [-0.3, -0.25) is 9.69 Å². The second-order valence-corrected chi connectivity index (χ2v) is 5.53. The number of hydrogen-bond donors (Lipinski definition) is 0. The van der Waals surface area contributed by atoms with Gasteiger partial charge in [0.2, 0.25) is 5.91 Å². The molecule has 0 aromatic carbocycles. The summed E-state index contributed by atoms with van der Waals surface area (Å²) in [5.41, 5.74) is 0. The molecule has 0 aromatic rings. The predicted molar refractivity (Wildman–Crippen MR) is 71.5 cm³/mol. The van der Waals surface area contributed by atoms with Crippen molar-refractivity contribution < 1.29 is 9.53 Å². The lowest BCUT2D eigenvalue weighted by atomic mass is 10.1. The summed E-state index contributed by atoms with van der Waals surface area (Å²) in [6.45, 7) is 4.44. The number of ether oxygens (including phenoxy) is 1. The van der Waals surface area contributed by atoms with Crippen LogP contribution in [-0.2, 0) is 9.53 Å². The van der Waals surface area contributed by atoms with Crippen molar-refractivity contribution in [3.05, 3.63) is 0 Å². The molecule has 18 heavy (non-hydrogen) atoms. The maximum atomic E-state index is 12.2. The van der Waals surface area contributed by atoms with Gasteiger partial charge in [0.1, 0.15) is 0 Å². The first-order valence-electron chi connectivity index (χ1n) is 7.32. The molecule has 1 amide bonds. The van der Waals surface area contributed by atoms with E-state index < -0.39 is 0 Å². The van der Waals surface area contributed by atoms with E-state index in [1.54, 1.807) is 7.11 Å². The SMILES string of the molecule is COC1CCN(C(=O)CN2CCCCCCC2)C1. The van der Waals surface area contributed by atoms with Gasteiger partial charge in [0.15, 0.2) is 0 Å². The van der Waals surface area contributed by atoms with Gasteiger partial charge in [-0.1, -0.05) is 19.3 Å². The summed E-state index contributed by atoms with van der Waals surface area (Å²) < 4.78 is 5.31. The molecule has 0 aromatic heterocycles. The third kappa shape index (κ3) is 3.95. The molecule has 0 N–H and O–H groups in total. The summed E-state index contributed by atoms with van der Waals surface area (Å²) in [4.78, 5) is 16.5. The molecule has 2 aliphatic heterocycles. The maximum absolute atomic E-state index is 12.2. The Morgan fingerprint density at radius 3 is 2.39 bits per heavy atom. The molecule has 0 radical (unpaired) electrons. The first-order chi connectivity index (χ1) is 8.79. The second kappa shape index (κ2) is 7.10. The van der Waals surface area contributed by atoms with E-state index in [4.69, 9.17) is 4.74 Å². The molecule has 1 unspecified atom stereocenters. The summed E-state index contributed by atoms with van der Waals surface area (Å²) in [5, 5.41) is 0. The number of likely N-dealkylation sites (tertiary alicyclic amines) is 2. The standard InChI is InChI=1S/C14H26N2O2/c1-18-13-7-10-16(11-13)14(17)12-15-8-5-3-2-4-6-9-15/h13H,2-12H2,1H3. The Labute approximate surface area is 110 Å². The van der Waals surface area contributed by atoms with Crippen molar-refractivity contribution in [2.75, 3.05) is 39.8 Å². The highest BCUT2D eigenvalue weighted by Crippen LogP contribution is 2.14. The Bertz CT molecular complexity index is 263. The zero-order valence-electron chi connectivity index (χ0n) is 11.6. The van der Waals surface area contributed by atoms with Crippen LogP contribution in [0.4, 0.5) is 0 Å². The molecular weight excluding hydrogens is 228 g/mol. The van der Waals surface area contributed by atoms with E-state index in [0.717, 1.165) is 32.6 Å². The zero-order chi connectivity index (χ0) is 12.8. The third-order valence-electron chi connectivity index (χ3n) is 4.14. The fraction of sp³-hybridized carbons (Fsp3) is 0.929. The van der Waals surface area contributed by atoms with Gasteiger partial charge in [0.25, 0.3) is 0 Å². The zero-order valence-corrected chi connectivity index (χ0v) is 11.6. The largest absolute Gasteiger partial charge is 0.380 e. The third-order valence-corrected chi connectivity index (χ3v) is 4.14. The summed E-state index contributed by atoms with van der Waals surface area (Å²) >= 11 is 0. The molecule has 0 saturated carbocycles. The van der Waals surface area contributed by atoms with Crippen molar-refractivity contribution in [2.24, 2.45) is 0 Å². The van der Waals surface area contributed by atoms with E-state index in [0.29, 0.717) is 6.54 Å². The van der Waals surface area contributed by atoms with Crippen molar-refractivity contribution in [3.8, 4) is 0 Å². The van der Waals surface area contributed by atoms with Crippen molar-refractivity contribution in [2.45, 2.75) is 44.6 Å². The summed E-state index contributed by atoms with van der Waals surface area (Å²) in [6, 6.07) is 0. The minimum absolute atomic E-state index is 0.251. The summed E-state index contributed by atoms with van der Waals surface area (Å²) in [6.07, 6.45) is 7.73. The Morgan fingerprint density at radius 1 is 1.11 bits per heavy atom. The van der Waals surface area contributed by atoms with E-state index in [9.17, 15) is 4.79 Å². The molecule has 0 spiro atoms. The Morgan fingerprint density at radius 2 is 1.78 bits per heavy atom. The highest BCUT2D eigenvalue weighted by Gasteiger charge is 2.26. The monoisotopic (exact) mass is 254 g/mol. The molecule has 0 aliphatic carbocycles. The average molecular weight is 254 g/mol. The number of carbonyl (C=O) groups excluding carboxylic acids is 1. The number of rotatable bonds is 3. The normalized spacial score (nSPS) is 26.9. The summed E-state index contributed by atoms with van der Waals surface area (Å²) in [5.74, 6) is 0.287. The molecule has 4 heteroatoms. The van der Waals surface area contributed by atoms with Crippen LogP contribution in [0, 0.1) is 0 Å². The molecular formula is C14H26N2O2. The smallest absolute Gasteiger partial charge is 0.236 e. The van der Waals surface area contributed by atoms with Crippen molar-refractivity contribution >= 4 is 5.91 Å². The van der Waals surface area contributed by atoms with Crippen LogP contribution in [0.2, 0.25) is 0 Å². The van der Waals surface area contributed by atoms with Gasteiger partial charge in [-0.2, -0.15) is 0 Å². The Hall–Kier alpha value is -0.610. The van der Waals surface area contributed by atoms with Crippen molar-refractivity contribution in [3.63, 3.8) is 0 Å². The van der Waals surface area contributed by atoms with Gasteiger partial charge in [0, 0.05) is 20.2 Å². The average Bonchev–Trinajstić information content (AvgIpc) is 2.81. The summed E-state index contributed by atoms with van der Waals surface area (Å²) in [7, 11) is 1.73. The van der Waals surface area contributed by atoms with Gasteiger partial charge in [-0.15, -0.1) is 0 Å². The quantitative estimate of drug-likeness (QED) is 0.765. The fourth-order valence-electron chi connectivity index (χ4n) is 2.91. The van der Waals surface area contributed by atoms with Crippen LogP contribution in [-0.4, -0.2) is 61.6 Å². The number of amides is 1. The number of carbonyl (C=O) groups is 1. The van der Waals surface area contributed by atoms with E-state index >= 15 is 0 Å². The van der Waals surface area contributed by atoms with Crippen LogP contribution in [0.25, 0.3) is 0 Å². The first kappa shape index (κ1) is 13.8. The first-order valence-corrected chi connectivity index (χ1v) is 7.32. The van der Waals surface area contributed by atoms with Gasteiger partial charge in [-0.25, -0.2) is 0 Å². The van der Waals surface area contributed by atoms with Crippen LogP contribution in [0.5, 0.6) is 0 Å². The highest BCUT2D eigenvalue weighted by molar-refractivity contribution is 5.78. The number of methoxy groups -OCH3 is 1. The van der Waals surface area contributed by atoms with Crippen LogP contribution in [0.3, 0.4) is 0 Å². The molecule has 104 valence electrons. The van der Waals surface area contributed by atoms with Crippen LogP contribution < -0.4 is 0 Å². The molecule has 0 bridgehead atoms. The lowest BCUT2D eigenvalue weighted by Gasteiger charge is -2.26. The molecule has 2 heterocycles. The topological polar surface area (TPSA) is 32.8 Å². The highest BCUT2D eigenvalue weighted by atomic mass is 16.5.